The fourth-order valence-corrected chi connectivity index (χ4v) is 3.46. The summed E-state index contributed by atoms with van der Waals surface area (Å²) >= 11 is 0. The number of anilines is 1. The van der Waals surface area contributed by atoms with Crippen LogP contribution in [0.3, 0.4) is 0 Å². The highest BCUT2D eigenvalue weighted by Crippen LogP contribution is 2.24. The van der Waals surface area contributed by atoms with Crippen molar-refractivity contribution in [3.8, 4) is 5.75 Å². The van der Waals surface area contributed by atoms with E-state index in [4.69, 9.17) is 0 Å². The Morgan fingerprint density at radius 2 is 1.83 bits per heavy atom. The molecule has 0 aliphatic carbocycles. The number of nitrogens with one attached hydrogen (secondary N) is 2. The molecule has 3 amide bonds. The lowest BCUT2D eigenvalue weighted by atomic mass is 9.98. The lowest BCUT2D eigenvalue weighted by molar-refractivity contribution is -0.124. The number of rotatable bonds is 4. The average Bonchev–Trinajstić information content (AvgIpc) is 2.70. The molecule has 1 aliphatic rings. The normalized spacial score (nSPS) is 15.3. The summed E-state index contributed by atoms with van der Waals surface area (Å²) in [4.78, 5) is 26.8. The smallest absolute Gasteiger partial charge is 0.325 e. The number of benzene rings is 2. The van der Waals surface area contributed by atoms with Gasteiger partial charge in [-0.1, -0.05) is 35.9 Å². The first-order valence-corrected chi connectivity index (χ1v) is 9.75. The van der Waals surface area contributed by atoms with E-state index in [1.165, 1.54) is 5.57 Å². The number of urea groups is 1. The second-order valence-corrected chi connectivity index (χ2v) is 7.46. The molecule has 3 N–H and O–H groups in total. The molecule has 0 saturated heterocycles. The Hall–Kier alpha value is -3.12. The summed E-state index contributed by atoms with van der Waals surface area (Å²) in [6.45, 7) is 7.06. The van der Waals surface area contributed by atoms with Crippen molar-refractivity contribution in [3.63, 3.8) is 0 Å². The molecule has 1 atom stereocenters. The van der Waals surface area contributed by atoms with Crippen LogP contribution in [-0.4, -0.2) is 41.1 Å². The third-order valence-corrected chi connectivity index (χ3v) is 5.27. The van der Waals surface area contributed by atoms with Gasteiger partial charge in [-0.25, -0.2) is 4.79 Å². The SMILES string of the molecule is Cc1ccc(NC(=O)NC(=O)C(C)N2CC=C(c3ccc(O)cc3)CC2)c(C)c1. The van der Waals surface area contributed by atoms with Gasteiger partial charge >= 0.3 is 6.03 Å². The first-order valence-electron chi connectivity index (χ1n) is 9.75. The van der Waals surface area contributed by atoms with Crippen molar-refractivity contribution in [3.05, 3.63) is 65.2 Å². The minimum absolute atomic E-state index is 0.246. The van der Waals surface area contributed by atoms with E-state index in [0.29, 0.717) is 12.2 Å². The maximum absolute atomic E-state index is 12.5. The predicted molar refractivity (Wildman–Crippen MR) is 115 cm³/mol. The molecule has 0 spiro atoms. The van der Waals surface area contributed by atoms with Crippen LogP contribution in [-0.2, 0) is 4.79 Å². The molecule has 0 fully saturated rings. The second kappa shape index (κ2) is 8.92. The lowest BCUT2D eigenvalue weighted by Gasteiger charge is -2.31. The number of phenols is 1. The number of hydrogen-bond donors (Lipinski definition) is 3. The number of phenolic OH excluding ortho intramolecular Hbond substituents is 1. The van der Waals surface area contributed by atoms with E-state index in [1.807, 2.05) is 49.1 Å². The van der Waals surface area contributed by atoms with E-state index in [-0.39, 0.29) is 11.7 Å². The fraction of sp³-hybridized carbons (Fsp3) is 0.304. The Bertz CT molecular complexity index is 935. The zero-order chi connectivity index (χ0) is 21.0. The van der Waals surface area contributed by atoms with Crippen molar-refractivity contribution < 1.29 is 14.7 Å². The van der Waals surface area contributed by atoms with Gasteiger partial charge in [0, 0.05) is 18.8 Å². The van der Waals surface area contributed by atoms with Crippen LogP contribution < -0.4 is 10.6 Å². The topological polar surface area (TPSA) is 81.7 Å². The predicted octanol–water partition coefficient (Wildman–Crippen LogP) is 3.83. The van der Waals surface area contributed by atoms with Gasteiger partial charge in [-0.2, -0.15) is 0 Å². The lowest BCUT2D eigenvalue weighted by Crippen LogP contribution is -2.49. The number of carbonyl (C=O) groups excluding carboxylic acids is 2. The van der Waals surface area contributed by atoms with Crippen molar-refractivity contribution in [2.75, 3.05) is 18.4 Å². The van der Waals surface area contributed by atoms with E-state index < -0.39 is 12.1 Å². The van der Waals surface area contributed by atoms with Gasteiger partial charge in [0.1, 0.15) is 5.75 Å². The molecule has 29 heavy (non-hydrogen) atoms. The summed E-state index contributed by atoms with van der Waals surface area (Å²) in [5, 5.41) is 14.6. The highest BCUT2D eigenvalue weighted by atomic mass is 16.3. The number of aryl methyl sites for hydroxylation is 2. The van der Waals surface area contributed by atoms with Gasteiger partial charge in [0.15, 0.2) is 0 Å². The van der Waals surface area contributed by atoms with Gasteiger partial charge in [0.25, 0.3) is 0 Å². The van der Waals surface area contributed by atoms with E-state index >= 15 is 0 Å². The minimum atomic E-state index is -0.522. The first-order chi connectivity index (χ1) is 13.8. The molecule has 6 nitrogen and oxygen atoms in total. The zero-order valence-electron chi connectivity index (χ0n) is 17.0. The highest BCUT2D eigenvalue weighted by Gasteiger charge is 2.24. The Morgan fingerprint density at radius 1 is 1.10 bits per heavy atom. The van der Waals surface area contributed by atoms with E-state index in [0.717, 1.165) is 29.7 Å². The summed E-state index contributed by atoms with van der Waals surface area (Å²) in [5.74, 6) is -0.0788. The Balaban J connectivity index is 1.55. The Kier molecular flexibility index (Phi) is 6.34. The molecule has 0 aromatic heterocycles. The minimum Gasteiger partial charge on any atom is -0.508 e. The van der Waals surface area contributed by atoms with Crippen LogP contribution in [0.5, 0.6) is 5.75 Å². The molecule has 6 heteroatoms. The average molecular weight is 393 g/mol. The van der Waals surface area contributed by atoms with Gasteiger partial charge in [0.05, 0.1) is 6.04 Å². The van der Waals surface area contributed by atoms with Crippen molar-refractivity contribution in [2.24, 2.45) is 0 Å². The maximum Gasteiger partial charge on any atom is 0.325 e. The van der Waals surface area contributed by atoms with Gasteiger partial charge in [-0.3, -0.25) is 15.0 Å². The molecular weight excluding hydrogens is 366 g/mol. The van der Waals surface area contributed by atoms with Crippen molar-refractivity contribution in [1.29, 1.82) is 0 Å². The van der Waals surface area contributed by atoms with Crippen LogP contribution in [0.15, 0.2) is 48.5 Å². The third kappa shape index (κ3) is 5.23. The van der Waals surface area contributed by atoms with Crippen molar-refractivity contribution in [2.45, 2.75) is 33.2 Å². The fourth-order valence-electron chi connectivity index (χ4n) is 3.46. The quantitative estimate of drug-likeness (QED) is 0.737. The Morgan fingerprint density at radius 3 is 2.45 bits per heavy atom. The second-order valence-electron chi connectivity index (χ2n) is 7.46. The maximum atomic E-state index is 12.5. The monoisotopic (exact) mass is 393 g/mol. The molecular formula is C23H27N3O3. The summed E-state index contributed by atoms with van der Waals surface area (Å²) in [6.07, 6.45) is 2.90. The van der Waals surface area contributed by atoms with Gasteiger partial charge < -0.3 is 10.4 Å². The molecule has 3 rings (SSSR count). The molecule has 0 radical (unpaired) electrons. The molecule has 0 saturated carbocycles. The van der Waals surface area contributed by atoms with Crippen LogP contribution in [0.2, 0.25) is 0 Å². The molecule has 1 unspecified atom stereocenters. The van der Waals surface area contributed by atoms with Crippen LogP contribution in [0, 0.1) is 13.8 Å². The van der Waals surface area contributed by atoms with Crippen LogP contribution in [0.1, 0.15) is 30.0 Å². The number of aromatic hydroxyl groups is 1. The van der Waals surface area contributed by atoms with Crippen molar-refractivity contribution in [1.82, 2.24) is 10.2 Å². The zero-order valence-corrected chi connectivity index (χ0v) is 17.0. The Labute approximate surface area is 171 Å². The third-order valence-electron chi connectivity index (χ3n) is 5.27. The summed E-state index contributed by atoms with van der Waals surface area (Å²) in [5.41, 5.74) is 5.02. The number of hydrogen-bond acceptors (Lipinski definition) is 4. The molecule has 2 aromatic carbocycles. The summed E-state index contributed by atoms with van der Waals surface area (Å²) in [7, 11) is 0. The number of amides is 3. The number of carbonyl (C=O) groups is 2. The number of nitrogens with zero attached hydrogens (tertiary/aromatic N) is 1. The summed E-state index contributed by atoms with van der Waals surface area (Å²) < 4.78 is 0. The van der Waals surface area contributed by atoms with Gasteiger partial charge in [-0.15, -0.1) is 0 Å². The summed E-state index contributed by atoms with van der Waals surface area (Å²) in [6, 6.07) is 11.9. The highest BCUT2D eigenvalue weighted by molar-refractivity contribution is 6.03. The standard InChI is InChI=1S/C23H27N3O3/c1-15-4-9-21(16(2)14-15)24-23(29)25-22(28)17(3)26-12-10-19(11-13-26)18-5-7-20(27)8-6-18/h4-10,14,17,27H,11-13H2,1-3H3,(H2,24,25,28,29). The molecule has 2 aromatic rings. The van der Waals surface area contributed by atoms with Gasteiger partial charge in [-0.05, 0) is 62.1 Å². The largest absolute Gasteiger partial charge is 0.508 e. The van der Waals surface area contributed by atoms with Crippen molar-refractivity contribution >= 4 is 23.2 Å². The van der Waals surface area contributed by atoms with Crippen LogP contribution in [0.4, 0.5) is 10.5 Å². The molecule has 0 bridgehead atoms. The molecule has 152 valence electrons. The van der Waals surface area contributed by atoms with Crippen LogP contribution >= 0.6 is 0 Å². The van der Waals surface area contributed by atoms with Crippen LogP contribution in [0.25, 0.3) is 5.57 Å². The van der Waals surface area contributed by atoms with Gasteiger partial charge in [0.2, 0.25) is 5.91 Å². The first kappa shape index (κ1) is 20.6. The van der Waals surface area contributed by atoms with E-state index in [9.17, 15) is 14.7 Å². The molecule has 1 aliphatic heterocycles. The van der Waals surface area contributed by atoms with E-state index in [1.54, 1.807) is 19.1 Å². The van der Waals surface area contributed by atoms with E-state index in [2.05, 4.69) is 16.7 Å². The number of imide groups is 1. The molecule has 1 heterocycles.